The molecular formula is C32H33Cl2N3O3S3. The molecule has 0 saturated carbocycles. The second kappa shape index (κ2) is 12.7. The molecule has 2 aliphatic heterocycles. The molecule has 6 nitrogen and oxygen atoms in total. The highest BCUT2D eigenvalue weighted by atomic mass is 35.5. The average Bonchev–Trinajstić information content (AvgIpc) is 3.62. The van der Waals surface area contributed by atoms with E-state index in [0.29, 0.717) is 26.6 Å². The Morgan fingerprint density at radius 2 is 1.79 bits per heavy atom. The molecule has 2 aromatic heterocycles. The number of thiophene rings is 1. The molecule has 0 bridgehead atoms. The Hall–Kier alpha value is -2.11. The van der Waals surface area contributed by atoms with Crippen LogP contribution >= 0.6 is 34.5 Å². The summed E-state index contributed by atoms with van der Waals surface area (Å²) in [6.45, 7) is 2.96. The predicted octanol–water partition coefficient (Wildman–Crippen LogP) is 7.07. The maximum Gasteiger partial charge on any atom is 0.252 e. The molecule has 2 aromatic carbocycles. The number of piperidine rings is 1. The molecule has 0 aliphatic carbocycles. The first-order valence-electron chi connectivity index (χ1n) is 14.3. The number of hydrogen-bond acceptors (Lipinski definition) is 6. The number of halogens is 2. The molecule has 0 radical (unpaired) electrons. The zero-order chi connectivity index (χ0) is 30.2. The predicted molar refractivity (Wildman–Crippen MR) is 176 cm³/mol. The summed E-state index contributed by atoms with van der Waals surface area (Å²) in [5, 5.41) is 0.932. The van der Waals surface area contributed by atoms with Crippen molar-refractivity contribution >= 4 is 55.4 Å². The highest BCUT2D eigenvalue weighted by molar-refractivity contribution is 7.91. The van der Waals surface area contributed by atoms with E-state index in [1.54, 1.807) is 25.4 Å². The lowest BCUT2D eigenvalue weighted by atomic mass is 9.74. The number of pyridine rings is 1. The van der Waals surface area contributed by atoms with Crippen molar-refractivity contribution in [2.75, 3.05) is 39.0 Å². The minimum atomic E-state index is -3.72. The van der Waals surface area contributed by atoms with Gasteiger partial charge in [0.05, 0.1) is 31.4 Å². The number of likely N-dealkylation sites (N-methyl/N-ethyl adjacent to an activating group) is 1. The van der Waals surface area contributed by atoms with Crippen molar-refractivity contribution in [3.63, 3.8) is 0 Å². The second-order valence-corrected chi connectivity index (χ2v) is 17.0. The molecular weight excluding hydrogens is 641 g/mol. The Kier molecular flexibility index (Phi) is 9.13. The van der Waals surface area contributed by atoms with Crippen molar-refractivity contribution in [1.29, 1.82) is 0 Å². The van der Waals surface area contributed by atoms with Gasteiger partial charge in [-0.3, -0.25) is 9.19 Å². The van der Waals surface area contributed by atoms with Gasteiger partial charge in [-0.25, -0.2) is 8.42 Å². The van der Waals surface area contributed by atoms with Gasteiger partial charge in [-0.05, 0) is 98.4 Å². The van der Waals surface area contributed by atoms with E-state index in [4.69, 9.17) is 23.2 Å². The third-order valence-corrected chi connectivity index (χ3v) is 14.6. The normalized spacial score (nSPS) is 19.1. The van der Waals surface area contributed by atoms with E-state index in [0.717, 1.165) is 59.9 Å². The number of nitrogens with zero attached hydrogens (tertiary/aromatic N) is 3. The molecule has 43 heavy (non-hydrogen) atoms. The molecule has 4 aromatic rings. The Bertz CT molecular complexity index is 1740. The molecule has 1 unspecified atom stereocenters. The Balaban J connectivity index is 1.16. The number of hydrogen-bond donors (Lipinski definition) is 0. The van der Waals surface area contributed by atoms with Crippen LogP contribution in [0.2, 0.25) is 10.0 Å². The summed E-state index contributed by atoms with van der Waals surface area (Å²) < 4.78 is 41.9. The van der Waals surface area contributed by atoms with Crippen molar-refractivity contribution < 1.29 is 12.6 Å². The van der Waals surface area contributed by atoms with Crippen LogP contribution in [0.15, 0.2) is 88.1 Å². The molecule has 0 amide bonds. The largest absolute Gasteiger partial charge is 0.303 e. The van der Waals surface area contributed by atoms with Gasteiger partial charge in [0, 0.05) is 35.9 Å². The average molecular weight is 675 g/mol. The fourth-order valence-corrected chi connectivity index (χ4v) is 11.1. The highest BCUT2D eigenvalue weighted by Crippen LogP contribution is 2.45. The molecule has 4 heterocycles. The van der Waals surface area contributed by atoms with Crippen LogP contribution in [0.5, 0.6) is 0 Å². The number of aromatic nitrogens is 1. The first-order chi connectivity index (χ1) is 20.7. The number of sulfonamides is 1. The minimum Gasteiger partial charge on any atom is -0.303 e. The van der Waals surface area contributed by atoms with Gasteiger partial charge in [-0.1, -0.05) is 53.5 Å². The van der Waals surface area contributed by atoms with E-state index in [1.807, 2.05) is 48.5 Å². The standard InChI is InChI=1S/C32H33Cl2N3O3S3/c1-36(43(39,40)31-12-11-29(41-31)28-7-4-5-16-35-28)21-24(23-9-10-26(33)27(34)20-23)13-17-37-18-14-32(15-19-37)22-42(38)30-8-3-2-6-25(30)32/h2-12,16,20,24H,13-15,17-19,21-22H2,1H3/t24-,42?/m1/s1. The monoisotopic (exact) mass is 673 g/mol. The van der Waals surface area contributed by atoms with E-state index < -0.39 is 20.8 Å². The first kappa shape index (κ1) is 30.9. The third kappa shape index (κ3) is 6.36. The van der Waals surface area contributed by atoms with E-state index in [1.165, 1.54) is 21.2 Å². The maximum atomic E-state index is 13.7. The van der Waals surface area contributed by atoms with Crippen LogP contribution in [-0.4, -0.2) is 65.8 Å². The number of fused-ring (bicyclic) bond motifs is 2. The lowest BCUT2D eigenvalue weighted by Crippen LogP contribution is -2.44. The van der Waals surface area contributed by atoms with Crippen LogP contribution in [0.3, 0.4) is 0 Å². The quantitative estimate of drug-likeness (QED) is 0.190. The zero-order valence-electron chi connectivity index (χ0n) is 23.8. The Labute approximate surface area is 270 Å². The zero-order valence-corrected chi connectivity index (χ0v) is 27.7. The minimum absolute atomic E-state index is 0.00974. The van der Waals surface area contributed by atoms with E-state index in [9.17, 15) is 12.6 Å². The second-order valence-electron chi connectivity index (χ2n) is 11.4. The fraction of sp³-hybridized carbons (Fsp3) is 0.344. The van der Waals surface area contributed by atoms with Crippen LogP contribution in [0.4, 0.5) is 0 Å². The van der Waals surface area contributed by atoms with Crippen molar-refractivity contribution in [1.82, 2.24) is 14.2 Å². The smallest absolute Gasteiger partial charge is 0.252 e. The summed E-state index contributed by atoms with van der Waals surface area (Å²) in [6.07, 6.45) is 4.40. The van der Waals surface area contributed by atoms with Crippen molar-refractivity contribution in [2.24, 2.45) is 0 Å². The molecule has 1 saturated heterocycles. The maximum absolute atomic E-state index is 13.7. The molecule has 226 valence electrons. The number of rotatable bonds is 9. The van der Waals surface area contributed by atoms with E-state index in [2.05, 4.69) is 22.0 Å². The number of likely N-dealkylation sites (tertiary alicyclic amines) is 1. The van der Waals surface area contributed by atoms with Crippen LogP contribution in [0, 0.1) is 0 Å². The van der Waals surface area contributed by atoms with E-state index >= 15 is 0 Å². The summed E-state index contributed by atoms with van der Waals surface area (Å²) in [5.41, 5.74) is 2.96. The first-order valence-corrected chi connectivity index (χ1v) is 18.6. The summed E-state index contributed by atoms with van der Waals surface area (Å²) >= 11 is 13.9. The molecule has 2 atom stereocenters. The van der Waals surface area contributed by atoms with Gasteiger partial charge in [0.2, 0.25) is 0 Å². The van der Waals surface area contributed by atoms with Gasteiger partial charge in [0.25, 0.3) is 10.0 Å². The van der Waals surface area contributed by atoms with Crippen LogP contribution in [0.1, 0.15) is 36.3 Å². The van der Waals surface area contributed by atoms with E-state index in [-0.39, 0.29) is 11.3 Å². The highest BCUT2D eigenvalue weighted by Gasteiger charge is 2.44. The van der Waals surface area contributed by atoms with Gasteiger partial charge >= 0.3 is 0 Å². The van der Waals surface area contributed by atoms with Gasteiger partial charge in [-0.15, -0.1) is 11.3 Å². The molecule has 0 N–H and O–H groups in total. The summed E-state index contributed by atoms with van der Waals surface area (Å²) in [6, 6.07) is 22.8. The Morgan fingerprint density at radius 1 is 1.02 bits per heavy atom. The van der Waals surface area contributed by atoms with Crippen molar-refractivity contribution in [3.05, 3.63) is 100 Å². The molecule has 6 rings (SSSR count). The molecule has 2 aliphatic rings. The van der Waals surface area contributed by atoms with Crippen molar-refractivity contribution in [3.8, 4) is 10.6 Å². The summed E-state index contributed by atoms with van der Waals surface area (Å²) in [5.74, 6) is 0.625. The van der Waals surface area contributed by atoms with Crippen molar-refractivity contribution in [2.45, 2.75) is 39.7 Å². The number of benzene rings is 2. The van der Waals surface area contributed by atoms with Gasteiger partial charge < -0.3 is 4.90 Å². The van der Waals surface area contributed by atoms with Gasteiger partial charge in [0.1, 0.15) is 4.21 Å². The van der Waals surface area contributed by atoms with Gasteiger partial charge in [0.15, 0.2) is 0 Å². The molecule has 1 spiro atoms. The lowest BCUT2D eigenvalue weighted by molar-refractivity contribution is 0.165. The lowest BCUT2D eigenvalue weighted by Gasteiger charge is -2.40. The molecule has 11 heteroatoms. The summed E-state index contributed by atoms with van der Waals surface area (Å²) in [4.78, 5) is 8.62. The van der Waals surface area contributed by atoms with Gasteiger partial charge in [-0.2, -0.15) is 4.31 Å². The third-order valence-electron chi connectivity index (χ3n) is 8.77. The summed E-state index contributed by atoms with van der Waals surface area (Å²) in [7, 11) is -3.01. The molecule has 1 fully saturated rings. The van der Waals surface area contributed by atoms with Crippen LogP contribution in [0.25, 0.3) is 10.6 Å². The topological polar surface area (TPSA) is 70.6 Å². The SMILES string of the molecule is CN(C[C@@H](CCN1CCC2(CC1)CS(=O)c1ccccc12)c1ccc(Cl)c(Cl)c1)S(=O)(=O)c1ccc(-c2ccccn2)s1. The Morgan fingerprint density at radius 3 is 2.53 bits per heavy atom. The van der Waals surface area contributed by atoms with Crippen LogP contribution < -0.4 is 0 Å². The van der Waals surface area contributed by atoms with Crippen LogP contribution in [-0.2, 0) is 26.2 Å². The fourth-order valence-electron chi connectivity index (χ4n) is 6.26.